The standard InChI is InChI=1S/C10H12N4OS/c1-2-13-9(15)8-3-6-7(12-5-11-6)4-14(8)10(13)16/h5,15H,2-4H2,1H3,(H,11,12). The molecule has 0 fully saturated rings. The monoisotopic (exact) mass is 236 g/mol. The van der Waals surface area contributed by atoms with Gasteiger partial charge in [0, 0.05) is 13.0 Å². The number of aromatic nitrogens is 4. The quantitative estimate of drug-likeness (QED) is 0.628. The van der Waals surface area contributed by atoms with E-state index in [9.17, 15) is 5.11 Å². The Balaban J connectivity index is 2.21. The van der Waals surface area contributed by atoms with E-state index in [2.05, 4.69) is 9.97 Å². The van der Waals surface area contributed by atoms with E-state index in [1.807, 2.05) is 11.5 Å². The number of fused-ring (bicyclic) bond motifs is 2. The Labute approximate surface area is 97.4 Å². The Kier molecular flexibility index (Phi) is 1.94. The second-order valence-electron chi connectivity index (χ2n) is 3.89. The maximum Gasteiger partial charge on any atom is 0.213 e. The fourth-order valence-corrected chi connectivity index (χ4v) is 2.60. The highest BCUT2D eigenvalue weighted by Gasteiger charge is 2.23. The van der Waals surface area contributed by atoms with Gasteiger partial charge in [-0.15, -0.1) is 0 Å². The predicted octanol–water partition coefficient (Wildman–Crippen LogP) is 1.42. The van der Waals surface area contributed by atoms with Crippen molar-refractivity contribution in [3.05, 3.63) is 28.2 Å². The van der Waals surface area contributed by atoms with Gasteiger partial charge in [0.2, 0.25) is 5.88 Å². The van der Waals surface area contributed by atoms with Crippen LogP contribution in [0.25, 0.3) is 0 Å². The molecule has 0 atom stereocenters. The molecule has 1 aliphatic heterocycles. The molecule has 16 heavy (non-hydrogen) atoms. The van der Waals surface area contributed by atoms with Gasteiger partial charge in [-0.1, -0.05) is 0 Å². The number of aromatic hydroxyl groups is 1. The summed E-state index contributed by atoms with van der Waals surface area (Å²) in [6.07, 6.45) is 2.33. The number of rotatable bonds is 1. The fourth-order valence-electron chi connectivity index (χ4n) is 2.21. The van der Waals surface area contributed by atoms with Crippen molar-refractivity contribution in [1.82, 2.24) is 19.1 Å². The highest BCUT2D eigenvalue weighted by molar-refractivity contribution is 7.71. The number of hydrogen-bond donors (Lipinski definition) is 2. The van der Waals surface area contributed by atoms with Crippen molar-refractivity contribution in [2.75, 3.05) is 0 Å². The van der Waals surface area contributed by atoms with Crippen molar-refractivity contribution in [3.63, 3.8) is 0 Å². The van der Waals surface area contributed by atoms with Crippen LogP contribution in [0.3, 0.4) is 0 Å². The average molecular weight is 236 g/mol. The normalized spacial score (nSPS) is 13.6. The Morgan fingerprint density at radius 3 is 3.19 bits per heavy atom. The van der Waals surface area contributed by atoms with Crippen molar-refractivity contribution in [3.8, 4) is 5.88 Å². The SMILES string of the molecule is CCn1c(O)c2n(c1=S)Cc1[nH]cnc1C2. The first-order valence-electron chi connectivity index (χ1n) is 5.24. The number of imidazole rings is 2. The summed E-state index contributed by atoms with van der Waals surface area (Å²) in [6, 6.07) is 0. The first-order valence-corrected chi connectivity index (χ1v) is 5.65. The maximum absolute atomic E-state index is 10.1. The molecule has 84 valence electrons. The van der Waals surface area contributed by atoms with E-state index in [4.69, 9.17) is 12.2 Å². The van der Waals surface area contributed by atoms with Crippen LogP contribution >= 0.6 is 12.2 Å². The molecule has 2 aromatic heterocycles. The second kappa shape index (κ2) is 3.21. The molecule has 3 heterocycles. The predicted molar refractivity (Wildman–Crippen MR) is 61.1 cm³/mol. The molecule has 2 N–H and O–H groups in total. The second-order valence-corrected chi connectivity index (χ2v) is 4.25. The minimum atomic E-state index is 0.279. The number of hydrogen-bond acceptors (Lipinski definition) is 3. The van der Waals surface area contributed by atoms with Crippen molar-refractivity contribution in [2.45, 2.75) is 26.4 Å². The van der Waals surface area contributed by atoms with E-state index < -0.39 is 0 Å². The first kappa shape index (κ1) is 9.65. The molecule has 6 heteroatoms. The van der Waals surface area contributed by atoms with Crippen LogP contribution in [0.5, 0.6) is 5.88 Å². The third kappa shape index (κ3) is 1.10. The number of H-pyrrole nitrogens is 1. The Morgan fingerprint density at radius 1 is 1.62 bits per heavy atom. The highest BCUT2D eigenvalue weighted by Crippen LogP contribution is 2.28. The third-order valence-corrected chi connectivity index (χ3v) is 3.52. The summed E-state index contributed by atoms with van der Waals surface area (Å²) in [7, 11) is 0. The van der Waals surface area contributed by atoms with E-state index in [-0.39, 0.29) is 5.88 Å². The minimum absolute atomic E-state index is 0.279. The molecule has 0 radical (unpaired) electrons. The van der Waals surface area contributed by atoms with Crippen molar-refractivity contribution >= 4 is 12.2 Å². The maximum atomic E-state index is 10.1. The van der Waals surface area contributed by atoms with Gasteiger partial charge < -0.3 is 14.7 Å². The molecule has 0 aliphatic carbocycles. The Bertz CT molecular complexity index is 607. The molecule has 0 saturated carbocycles. The first-order chi connectivity index (χ1) is 7.72. The molecule has 1 aliphatic rings. The molecule has 5 nitrogen and oxygen atoms in total. The zero-order chi connectivity index (χ0) is 11.3. The van der Waals surface area contributed by atoms with Crippen molar-refractivity contribution < 1.29 is 5.11 Å². The number of nitrogens with zero attached hydrogens (tertiary/aromatic N) is 3. The van der Waals surface area contributed by atoms with E-state index in [0.29, 0.717) is 24.3 Å². The molecule has 0 spiro atoms. The molecular weight excluding hydrogens is 224 g/mol. The smallest absolute Gasteiger partial charge is 0.213 e. The molecule has 0 saturated heterocycles. The molecule has 0 unspecified atom stereocenters. The van der Waals surface area contributed by atoms with Gasteiger partial charge in [-0.25, -0.2) is 4.98 Å². The summed E-state index contributed by atoms with van der Waals surface area (Å²) in [6.45, 7) is 3.33. The number of nitrogens with one attached hydrogen (secondary N) is 1. The highest BCUT2D eigenvalue weighted by atomic mass is 32.1. The minimum Gasteiger partial charge on any atom is -0.493 e. The molecule has 3 rings (SSSR count). The van der Waals surface area contributed by atoms with E-state index in [0.717, 1.165) is 17.1 Å². The lowest BCUT2D eigenvalue weighted by molar-refractivity contribution is 0.414. The summed E-state index contributed by atoms with van der Waals surface area (Å²) in [5.41, 5.74) is 2.95. The Morgan fingerprint density at radius 2 is 2.44 bits per heavy atom. The lowest BCUT2D eigenvalue weighted by atomic mass is 10.1. The van der Waals surface area contributed by atoms with Crippen LogP contribution in [0.4, 0.5) is 0 Å². The molecule has 2 aromatic rings. The lowest BCUT2D eigenvalue weighted by Crippen LogP contribution is -2.13. The van der Waals surface area contributed by atoms with Gasteiger partial charge in [0.15, 0.2) is 4.77 Å². The van der Waals surface area contributed by atoms with Gasteiger partial charge in [-0.2, -0.15) is 0 Å². The zero-order valence-corrected chi connectivity index (χ0v) is 9.71. The van der Waals surface area contributed by atoms with E-state index in [1.54, 1.807) is 10.9 Å². The Hall–Kier alpha value is -1.56. The van der Waals surface area contributed by atoms with Gasteiger partial charge in [0.1, 0.15) is 0 Å². The number of aromatic amines is 1. The summed E-state index contributed by atoms with van der Waals surface area (Å²) in [4.78, 5) is 7.34. The molecule has 0 amide bonds. The summed E-state index contributed by atoms with van der Waals surface area (Å²) in [5.74, 6) is 0.279. The van der Waals surface area contributed by atoms with Crippen LogP contribution in [0.2, 0.25) is 0 Å². The van der Waals surface area contributed by atoms with Crippen molar-refractivity contribution in [2.24, 2.45) is 0 Å². The molecule has 0 aromatic carbocycles. The van der Waals surface area contributed by atoms with Crippen LogP contribution in [0.1, 0.15) is 24.0 Å². The van der Waals surface area contributed by atoms with Gasteiger partial charge in [-0.05, 0) is 19.1 Å². The summed E-state index contributed by atoms with van der Waals surface area (Å²) < 4.78 is 4.39. The van der Waals surface area contributed by atoms with Crippen LogP contribution in [0.15, 0.2) is 6.33 Å². The molecular formula is C10H12N4OS. The van der Waals surface area contributed by atoms with Crippen LogP contribution in [-0.4, -0.2) is 24.2 Å². The van der Waals surface area contributed by atoms with Gasteiger partial charge >= 0.3 is 0 Å². The average Bonchev–Trinajstić information content (AvgIpc) is 2.82. The van der Waals surface area contributed by atoms with Crippen LogP contribution in [-0.2, 0) is 19.5 Å². The van der Waals surface area contributed by atoms with Crippen LogP contribution in [0, 0.1) is 4.77 Å². The van der Waals surface area contributed by atoms with Gasteiger partial charge in [-0.3, -0.25) is 4.57 Å². The van der Waals surface area contributed by atoms with Crippen LogP contribution < -0.4 is 0 Å². The van der Waals surface area contributed by atoms with E-state index >= 15 is 0 Å². The lowest BCUT2D eigenvalue weighted by Gasteiger charge is -2.13. The van der Waals surface area contributed by atoms with Crippen molar-refractivity contribution in [1.29, 1.82) is 0 Å². The zero-order valence-electron chi connectivity index (χ0n) is 8.90. The van der Waals surface area contributed by atoms with Gasteiger partial charge in [0.05, 0.1) is 30.0 Å². The van der Waals surface area contributed by atoms with E-state index in [1.165, 1.54) is 0 Å². The summed E-state index contributed by atoms with van der Waals surface area (Å²) in [5, 5.41) is 10.1. The fraction of sp³-hybridized carbons (Fsp3) is 0.400. The summed E-state index contributed by atoms with van der Waals surface area (Å²) >= 11 is 5.33. The van der Waals surface area contributed by atoms with Gasteiger partial charge in [0.25, 0.3) is 0 Å². The largest absolute Gasteiger partial charge is 0.493 e. The molecule has 0 bridgehead atoms. The topological polar surface area (TPSA) is 58.8 Å². The third-order valence-electron chi connectivity index (χ3n) is 3.08.